The largest absolute Gasteiger partial charge is 0.480 e. The van der Waals surface area contributed by atoms with E-state index >= 15 is 0 Å². The lowest BCUT2D eigenvalue weighted by molar-refractivity contribution is -0.138. The molecule has 0 aromatic carbocycles. The van der Waals surface area contributed by atoms with Crippen LogP contribution in [0.25, 0.3) is 0 Å². The molecule has 1 aliphatic rings. The summed E-state index contributed by atoms with van der Waals surface area (Å²) in [6, 6.07) is 2.18. The first kappa shape index (κ1) is 16.7. The van der Waals surface area contributed by atoms with Crippen molar-refractivity contribution in [3.8, 4) is 0 Å². The van der Waals surface area contributed by atoms with E-state index in [9.17, 15) is 13.2 Å². The van der Waals surface area contributed by atoms with Crippen molar-refractivity contribution in [2.45, 2.75) is 43.5 Å². The van der Waals surface area contributed by atoms with E-state index in [1.54, 1.807) is 0 Å². The van der Waals surface area contributed by atoms with E-state index in [0.717, 1.165) is 19.3 Å². The van der Waals surface area contributed by atoms with Crippen LogP contribution in [0.3, 0.4) is 0 Å². The maximum atomic E-state index is 12.0. The predicted molar refractivity (Wildman–Crippen MR) is 82.1 cm³/mol. The Labute approximate surface area is 130 Å². The first-order valence-electron chi connectivity index (χ1n) is 7.37. The number of nitrogens with zero attached hydrogens (tertiary/aromatic N) is 1. The molecular weight excluding hydrogens is 306 g/mol. The maximum Gasteiger partial charge on any atom is 0.326 e. The van der Waals surface area contributed by atoms with Crippen molar-refractivity contribution >= 4 is 21.8 Å². The lowest BCUT2D eigenvalue weighted by atomic mass is 10.2. The van der Waals surface area contributed by atoms with Crippen molar-refractivity contribution in [2.24, 2.45) is 5.92 Å². The van der Waals surface area contributed by atoms with Crippen molar-refractivity contribution in [2.75, 3.05) is 11.9 Å². The average molecular weight is 327 g/mol. The maximum absolute atomic E-state index is 12.0. The zero-order chi connectivity index (χ0) is 16.2. The van der Waals surface area contributed by atoms with Gasteiger partial charge in [-0.15, -0.1) is 0 Å². The molecule has 22 heavy (non-hydrogen) atoms. The van der Waals surface area contributed by atoms with E-state index in [1.165, 1.54) is 18.3 Å². The molecule has 1 aliphatic carbocycles. The highest BCUT2D eigenvalue weighted by Crippen LogP contribution is 2.28. The van der Waals surface area contributed by atoms with E-state index in [0.29, 0.717) is 24.7 Å². The molecule has 1 atom stereocenters. The van der Waals surface area contributed by atoms with Gasteiger partial charge in [-0.3, -0.25) is 0 Å². The second kappa shape index (κ2) is 7.06. The number of pyridine rings is 1. The number of carboxylic acids is 1. The number of aliphatic carboxylic acids is 1. The third-order valence-electron chi connectivity index (χ3n) is 3.50. The number of anilines is 1. The smallest absolute Gasteiger partial charge is 0.326 e. The van der Waals surface area contributed by atoms with Crippen LogP contribution in [0.15, 0.2) is 23.2 Å². The third kappa shape index (κ3) is 4.67. The zero-order valence-electron chi connectivity index (χ0n) is 12.4. The molecule has 0 radical (unpaired) electrons. The Hall–Kier alpha value is -1.67. The molecular formula is C14H21N3O4S. The third-order valence-corrected chi connectivity index (χ3v) is 4.91. The number of aromatic nitrogens is 1. The van der Waals surface area contributed by atoms with Gasteiger partial charge in [0.2, 0.25) is 10.0 Å². The van der Waals surface area contributed by atoms with Gasteiger partial charge in [0.15, 0.2) is 0 Å². The molecule has 1 heterocycles. The number of rotatable bonds is 9. The molecule has 0 saturated heterocycles. The molecule has 8 heteroatoms. The van der Waals surface area contributed by atoms with Gasteiger partial charge in [0.25, 0.3) is 0 Å². The molecule has 1 aromatic rings. The second-order valence-electron chi connectivity index (χ2n) is 5.50. The van der Waals surface area contributed by atoms with Gasteiger partial charge < -0.3 is 10.4 Å². The molecule has 2 rings (SSSR count). The normalized spacial score (nSPS) is 16.2. The van der Waals surface area contributed by atoms with Gasteiger partial charge in [-0.2, -0.15) is 0 Å². The van der Waals surface area contributed by atoms with Crippen molar-refractivity contribution in [1.29, 1.82) is 0 Å². The van der Waals surface area contributed by atoms with Crippen LogP contribution in [-0.2, 0) is 14.8 Å². The van der Waals surface area contributed by atoms with Crippen LogP contribution in [0.5, 0.6) is 0 Å². The van der Waals surface area contributed by atoms with Crippen molar-refractivity contribution < 1.29 is 18.3 Å². The Morgan fingerprint density at radius 2 is 2.18 bits per heavy atom. The fraction of sp³-hybridized carbons (Fsp3) is 0.571. The molecule has 3 N–H and O–H groups in total. The highest BCUT2D eigenvalue weighted by Gasteiger charge is 2.24. The predicted octanol–water partition coefficient (Wildman–Crippen LogP) is 1.44. The summed E-state index contributed by atoms with van der Waals surface area (Å²) in [5, 5.41) is 11.9. The van der Waals surface area contributed by atoms with E-state index in [-0.39, 0.29) is 4.90 Å². The van der Waals surface area contributed by atoms with E-state index < -0.39 is 22.0 Å². The molecule has 1 fully saturated rings. The molecule has 1 aromatic heterocycles. The van der Waals surface area contributed by atoms with Crippen LogP contribution in [0.4, 0.5) is 5.82 Å². The van der Waals surface area contributed by atoms with Crippen LogP contribution in [0, 0.1) is 5.92 Å². The number of carbonyl (C=O) groups is 1. The Bertz CT molecular complexity index is 611. The Kier molecular flexibility index (Phi) is 5.36. The standard InChI is InChI=1S/C14H21N3O4S/c1-2-3-12(14(18)19)17-13-7-6-11(9-15-13)22(20,21)16-8-10-4-5-10/h6-7,9-10,12,16H,2-5,8H2,1H3,(H,15,17)(H,18,19). The summed E-state index contributed by atoms with van der Waals surface area (Å²) in [5.74, 6) is -0.150. The molecule has 0 aliphatic heterocycles. The second-order valence-corrected chi connectivity index (χ2v) is 7.27. The van der Waals surface area contributed by atoms with Crippen molar-refractivity contribution in [3.63, 3.8) is 0 Å². The lowest BCUT2D eigenvalue weighted by Crippen LogP contribution is -2.29. The first-order valence-corrected chi connectivity index (χ1v) is 8.85. The molecule has 0 spiro atoms. The summed E-state index contributed by atoms with van der Waals surface area (Å²) in [6.07, 6.45) is 4.57. The fourth-order valence-corrected chi connectivity index (χ4v) is 3.04. The minimum atomic E-state index is -3.54. The number of carboxylic acid groups (broad SMARTS) is 1. The first-order chi connectivity index (χ1) is 10.4. The summed E-state index contributed by atoms with van der Waals surface area (Å²) >= 11 is 0. The SMILES string of the molecule is CCCC(Nc1ccc(S(=O)(=O)NCC2CC2)cn1)C(=O)O. The number of sulfonamides is 1. The molecule has 0 bridgehead atoms. The summed E-state index contributed by atoms with van der Waals surface area (Å²) in [6.45, 7) is 2.35. The fourth-order valence-electron chi connectivity index (χ4n) is 1.98. The highest BCUT2D eigenvalue weighted by atomic mass is 32.2. The molecule has 1 unspecified atom stereocenters. The van der Waals surface area contributed by atoms with E-state index in [2.05, 4.69) is 15.0 Å². The molecule has 7 nitrogen and oxygen atoms in total. The Morgan fingerprint density at radius 3 is 2.68 bits per heavy atom. The van der Waals surface area contributed by atoms with Crippen LogP contribution in [0.2, 0.25) is 0 Å². The average Bonchev–Trinajstić information content (AvgIpc) is 3.29. The van der Waals surface area contributed by atoms with E-state index in [1.807, 2.05) is 6.92 Å². The Morgan fingerprint density at radius 1 is 1.45 bits per heavy atom. The summed E-state index contributed by atoms with van der Waals surface area (Å²) < 4.78 is 26.6. The Balaban J connectivity index is 2.00. The zero-order valence-corrected chi connectivity index (χ0v) is 13.3. The summed E-state index contributed by atoms with van der Waals surface area (Å²) in [5.41, 5.74) is 0. The van der Waals surface area contributed by atoms with Crippen LogP contribution in [0.1, 0.15) is 32.6 Å². The lowest BCUT2D eigenvalue weighted by Gasteiger charge is -2.14. The van der Waals surface area contributed by atoms with Gasteiger partial charge >= 0.3 is 5.97 Å². The molecule has 1 saturated carbocycles. The highest BCUT2D eigenvalue weighted by molar-refractivity contribution is 7.89. The van der Waals surface area contributed by atoms with E-state index in [4.69, 9.17) is 5.11 Å². The minimum absolute atomic E-state index is 0.0843. The van der Waals surface area contributed by atoms with Crippen LogP contribution in [-0.4, -0.2) is 37.1 Å². The number of hydrogen-bond acceptors (Lipinski definition) is 5. The molecule has 0 amide bonds. The van der Waals surface area contributed by atoms with Gasteiger partial charge in [-0.05, 0) is 37.3 Å². The number of nitrogens with one attached hydrogen (secondary N) is 2. The van der Waals surface area contributed by atoms with Crippen LogP contribution >= 0.6 is 0 Å². The van der Waals surface area contributed by atoms with Gasteiger partial charge in [-0.25, -0.2) is 22.9 Å². The van der Waals surface area contributed by atoms with Crippen LogP contribution < -0.4 is 10.0 Å². The quantitative estimate of drug-likeness (QED) is 0.633. The monoisotopic (exact) mass is 327 g/mol. The molecule has 122 valence electrons. The van der Waals surface area contributed by atoms with Crippen molar-refractivity contribution in [1.82, 2.24) is 9.71 Å². The summed E-state index contributed by atoms with van der Waals surface area (Å²) in [4.78, 5) is 15.2. The van der Waals surface area contributed by atoms with Gasteiger partial charge in [-0.1, -0.05) is 13.3 Å². The van der Waals surface area contributed by atoms with Gasteiger partial charge in [0, 0.05) is 12.7 Å². The minimum Gasteiger partial charge on any atom is -0.480 e. The van der Waals surface area contributed by atoms with Crippen molar-refractivity contribution in [3.05, 3.63) is 18.3 Å². The number of hydrogen-bond donors (Lipinski definition) is 3. The summed E-state index contributed by atoms with van der Waals surface area (Å²) in [7, 11) is -3.54. The topological polar surface area (TPSA) is 108 Å². The van der Waals surface area contributed by atoms with Gasteiger partial charge in [0.05, 0.1) is 0 Å². The van der Waals surface area contributed by atoms with Gasteiger partial charge in [0.1, 0.15) is 16.8 Å².